The Morgan fingerprint density at radius 2 is 1.92 bits per heavy atom. The Labute approximate surface area is 153 Å². The largest absolute Gasteiger partial charge is 0.371 e. The van der Waals surface area contributed by atoms with Gasteiger partial charge in [0.25, 0.3) is 0 Å². The number of hydrogen-bond donors (Lipinski definition) is 1. The van der Waals surface area contributed by atoms with Crippen molar-refractivity contribution in [2.45, 2.75) is 47.6 Å². The van der Waals surface area contributed by atoms with Crippen LogP contribution in [0.1, 0.15) is 31.2 Å². The fourth-order valence-corrected chi connectivity index (χ4v) is 5.69. The Morgan fingerprint density at radius 1 is 1.15 bits per heavy atom. The summed E-state index contributed by atoms with van der Waals surface area (Å²) in [5, 5.41) is 3.51. The Kier molecular flexibility index (Phi) is 4.28. The average Bonchev–Trinajstić information content (AvgIpc) is 2.76. The van der Waals surface area contributed by atoms with Gasteiger partial charge in [0.05, 0.1) is 9.79 Å². The van der Waals surface area contributed by atoms with E-state index in [1.165, 1.54) is 18.2 Å². The summed E-state index contributed by atoms with van der Waals surface area (Å²) in [5.41, 5.74) is 2.19. The molecule has 0 amide bonds. The van der Waals surface area contributed by atoms with Crippen LogP contribution in [0, 0.1) is 5.82 Å². The highest BCUT2D eigenvalue weighted by atomic mass is 32.2. The maximum atomic E-state index is 13.5. The van der Waals surface area contributed by atoms with Crippen LogP contribution in [-0.4, -0.2) is 34.1 Å². The van der Waals surface area contributed by atoms with E-state index in [0.29, 0.717) is 18.0 Å². The zero-order valence-electron chi connectivity index (χ0n) is 14.9. The number of nitrogens with one attached hydrogen (secondary N) is 1. The Balaban J connectivity index is 1.78. The SMILES string of the molecule is CC1C[C@H]2c3cc(S(=O)(=O)c4cccc(F)c4)ccc3N(C)[C@H]2CCN1. The zero-order chi connectivity index (χ0) is 18.5. The second kappa shape index (κ2) is 6.35. The normalized spacial score (nSPS) is 25.5. The van der Waals surface area contributed by atoms with Gasteiger partial charge in [-0.1, -0.05) is 6.07 Å². The van der Waals surface area contributed by atoms with Crippen LogP contribution in [0.3, 0.4) is 0 Å². The van der Waals surface area contributed by atoms with E-state index in [2.05, 4.69) is 24.2 Å². The number of sulfone groups is 1. The van der Waals surface area contributed by atoms with Crippen LogP contribution in [0.25, 0.3) is 0 Å². The molecule has 4 nitrogen and oxygen atoms in total. The summed E-state index contributed by atoms with van der Waals surface area (Å²) in [6.45, 7) is 3.14. The first-order chi connectivity index (χ1) is 12.4. The van der Waals surface area contributed by atoms with E-state index in [1.54, 1.807) is 12.1 Å². The predicted molar refractivity (Wildman–Crippen MR) is 99.9 cm³/mol. The fraction of sp³-hybridized carbons (Fsp3) is 0.400. The molecule has 0 aromatic heterocycles. The Bertz CT molecular complexity index is 945. The molecule has 4 rings (SSSR count). The molecule has 26 heavy (non-hydrogen) atoms. The molecule has 1 unspecified atom stereocenters. The molecule has 2 aromatic carbocycles. The van der Waals surface area contributed by atoms with Gasteiger partial charge in [0, 0.05) is 30.7 Å². The third-order valence-electron chi connectivity index (χ3n) is 5.70. The summed E-state index contributed by atoms with van der Waals surface area (Å²) < 4.78 is 39.4. The van der Waals surface area contributed by atoms with E-state index < -0.39 is 15.7 Å². The van der Waals surface area contributed by atoms with Crippen molar-refractivity contribution in [3.63, 3.8) is 0 Å². The van der Waals surface area contributed by atoms with Gasteiger partial charge < -0.3 is 10.2 Å². The van der Waals surface area contributed by atoms with Gasteiger partial charge in [0.15, 0.2) is 0 Å². The number of fused-ring (bicyclic) bond motifs is 3. The van der Waals surface area contributed by atoms with Gasteiger partial charge in [0.2, 0.25) is 9.84 Å². The molecular formula is C20H23FN2O2S. The number of hydrogen-bond acceptors (Lipinski definition) is 4. The molecule has 1 saturated heterocycles. The smallest absolute Gasteiger partial charge is 0.206 e. The number of rotatable bonds is 2. The first kappa shape index (κ1) is 17.5. The number of likely N-dealkylation sites (N-methyl/N-ethyl adjacent to an activating group) is 1. The highest BCUT2D eigenvalue weighted by molar-refractivity contribution is 7.91. The fourth-order valence-electron chi connectivity index (χ4n) is 4.36. The van der Waals surface area contributed by atoms with Crippen molar-refractivity contribution in [3.05, 3.63) is 53.8 Å². The van der Waals surface area contributed by atoms with Gasteiger partial charge in [-0.15, -0.1) is 0 Å². The molecule has 2 aliphatic heterocycles. The van der Waals surface area contributed by atoms with Gasteiger partial charge in [-0.2, -0.15) is 0 Å². The van der Waals surface area contributed by atoms with Crippen LogP contribution < -0.4 is 10.2 Å². The van der Waals surface area contributed by atoms with Crippen molar-refractivity contribution in [1.29, 1.82) is 0 Å². The van der Waals surface area contributed by atoms with Crippen molar-refractivity contribution < 1.29 is 12.8 Å². The second-order valence-corrected chi connectivity index (χ2v) is 9.30. The van der Waals surface area contributed by atoms with Crippen molar-refractivity contribution in [1.82, 2.24) is 5.32 Å². The van der Waals surface area contributed by atoms with Gasteiger partial charge in [-0.25, -0.2) is 12.8 Å². The van der Waals surface area contributed by atoms with Crippen molar-refractivity contribution in [2.24, 2.45) is 0 Å². The molecule has 3 atom stereocenters. The summed E-state index contributed by atoms with van der Waals surface area (Å²) in [5.74, 6) is -0.238. The first-order valence-electron chi connectivity index (χ1n) is 8.99. The lowest BCUT2D eigenvalue weighted by molar-refractivity contribution is 0.496. The molecule has 138 valence electrons. The van der Waals surface area contributed by atoms with Crippen molar-refractivity contribution >= 4 is 15.5 Å². The van der Waals surface area contributed by atoms with Gasteiger partial charge >= 0.3 is 0 Å². The quantitative estimate of drug-likeness (QED) is 0.876. The van der Waals surface area contributed by atoms with Crippen LogP contribution >= 0.6 is 0 Å². The topological polar surface area (TPSA) is 49.4 Å². The van der Waals surface area contributed by atoms with Crippen molar-refractivity contribution in [2.75, 3.05) is 18.5 Å². The molecule has 1 N–H and O–H groups in total. The van der Waals surface area contributed by atoms with Crippen LogP contribution in [0.15, 0.2) is 52.3 Å². The average molecular weight is 374 g/mol. The lowest BCUT2D eigenvalue weighted by Crippen LogP contribution is -2.31. The second-order valence-electron chi connectivity index (χ2n) is 7.35. The number of anilines is 1. The number of halogens is 1. The summed E-state index contributed by atoms with van der Waals surface area (Å²) in [6.07, 6.45) is 2.01. The molecule has 2 heterocycles. The van der Waals surface area contributed by atoms with E-state index in [9.17, 15) is 12.8 Å². The molecule has 2 aliphatic rings. The molecule has 2 aromatic rings. The van der Waals surface area contributed by atoms with E-state index >= 15 is 0 Å². The van der Waals surface area contributed by atoms with Gasteiger partial charge in [0.1, 0.15) is 5.82 Å². The minimum Gasteiger partial charge on any atom is -0.371 e. The van der Waals surface area contributed by atoms with E-state index in [0.717, 1.165) is 36.7 Å². The van der Waals surface area contributed by atoms with Crippen LogP contribution in [-0.2, 0) is 9.84 Å². The third-order valence-corrected chi connectivity index (χ3v) is 7.45. The summed E-state index contributed by atoms with van der Waals surface area (Å²) in [4.78, 5) is 2.51. The van der Waals surface area contributed by atoms with Gasteiger partial charge in [-0.3, -0.25) is 0 Å². The Hall–Kier alpha value is -1.92. The Morgan fingerprint density at radius 3 is 2.69 bits per heavy atom. The maximum absolute atomic E-state index is 13.5. The van der Waals surface area contributed by atoms with Crippen molar-refractivity contribution in [3.8, 4) is 0 Å². The summed E-state index contributed by atoms with van der Waals surface area (Å²) in [7, 11) is -1.65. The first-order valence-corrected chi connectivity index (χ1v) is 10.5. The molecule has 0 bridgehead atoms. The van der Waals surface area contributed by atoms with Gasteiger partial charge in [-0.05, 0) is 68.3 Å². The monoisotopic (exact) mass is 374 g/mol. The molecule has 0 aliphatic carbocycles. The maximum Gasteiger partial charge on any atom is 0.206 e. The standard InChI is InChI=1S/C20H23FN2O2S/c1-13-10-17-18-12-16(26(24,25)15-5-3-4-14(21)11-15)6-7-19(18)23(2)20(17)8-9-22-13/h3-7,11-13,17,20,22H,8-10H2,1-2H3/t13?,17-,20-/m0/s1. The van der Waals surface area contributed by atoms with Crippen LogP contribution in [0.5, 0.6) is 0 Å². The zero-order valence-corrected chi connectivity index (χ0v) is 15.8. The number of benzene rings is 2. The predicted octanol–water partition coefficient (Wildman–Crippen LogP) is 3.33. The molecule has 1 fully saturated rings. The third kappa shape index (κ3) is 2.81. The van der Waals surface area contributed by atoms with Crippen LogP contribution in [0.2, 0.25) is 0 Å². The summed E-state index contributed by atoms with van der Waals surface area (Å²) >= 11 is 0. The lowest BCUT2D eigenvalue weighted by Gasteiger charge is -2.25. The molecule has 0 radical (unpaired) electrons. The molecular weight excluding hydrogens is 351 g/mol. The minimum absolute atomic E-state index is 0.00347. The minimum atomic E-state index is -3.74. The number of nitrogens with zero attached hydrogens (tertiary/aromatic N) is 1. The van der Waals surface area contributed by atoms with Crippen LogP contribution in [0.4, 0.5) is 10.1 Å². The molecule has 0 saturated carbocycles. The molecule has 0 spiro atoms. The lowest BCUT2D eigenvalue weighted by atomic mass is 9.89. The highest BCUT2D eigenvalue weighted by Crippen LogP contribution is 2.45. The van der Waals surface area contributed by atoms with E-state index in [4.69, 9.17) is 0 Å². The molecule has 6 heteroatoms. The van der Waals surface area contributed by atoms with E-state index in [1.807, 2.05) is 6.07 Å². The highest BCUT2D eigenvalue weighted by Gasteiger charge is 2.39. The van der Waals surface area contributed by atoms with E-state index in [-0.39, 0.29) is 9.79 Å². The summed E-state index contributed by atoms with van der Waals surface area (Å²) in [6, 6.07) is 11.3.